The maximum absolute atomic E-state index is 13.1. The molecule has 70 heavy (non-hydrogen) atoms. The Morgan fingerprint density at radius 3 is 1.56 bits per heavy atom. The van der Waals surface area contributed by atoms with Crippen molar-refractivity contribution >= 4 is 71.6 Å². The molecule has 18 nitrogen and oxygen atoms in total. The number of carbonyl (C=O) groups excluding carboxylic acids is 3. The van der Waals surface area contributed by atoms with Crippen molar-refractivity contribution in [3.05, 3.63) is 116 Å². The highest BCUT2D eigenvalue weighted by Gasteiger charge is 2.35. The Balaban J connectivity index is 0.000000146. The van der Waals surface area contributed by atoms with Crippen molar-refractivity contribution in [2.45, 2.75) is 71.6 Å². The average Bonchev–Trinajstić information content (AvgIpc) is 4.17. The molecule has 8 aromatic heterocycles. The van der Waals surface area contributed by atoms with Crippen molar-refractivity contribution < 1.29 is 27.6 Å². The summed E-state index contributed by atoms with van der Waals surface area (Å²) in [6.45, 7) is 5.30. The monoisotopic (exact) mass is 1120 g/mol. The number of hydrogen-bond donors (Lipinski definition) is 0. The Morgan fingerprint density at radius 2 is 1.11 bits per heavy atom. The molecule has 0 saturated heterocycles. The number of carbonyl (C=O) groups is 3. The van der Waals surface area contributed by atoms with Crippen molar-refractivity contribution in [2.75, 3.05) is 0 Å². The van der Waals surface area contributed by atoms with E-state index in [9.17, 15) is 27.6 Å². The number of halogens is 6. The standard InChI is InChI=1S/C18H19BrN6O.C16H14BrF3N6OS.C11H10ClN3O/c1-11-4-3-5-14(21-11)13-10-20-24(2)17(13)15(26)8-12-6-7-25-16(9-12)22-18(19)23-25;1-25-13(9(6-21-25)14-22-11(7-28-14)16(18,19)20)10(27)4-8-2-3-26-12(5-8)23-15(17)24-26;1-7-4-3-5-9(14-7)8-6-13-15(2)10(8)11(12)16/h3-5,10,12H,6-9H2,1-2H3;6-8H,2-5H2,1H3;3-6H,1-2H3. The van der Waals surface area contributed by atoms with E-state index >= 15 is 0 Å². The Labute approximate surface area is 424 Å². The second kappa shape index (κ2) is 21.1. The molecule has 0 aliphatic carbocycles. The third-order valence-corrected chi connectivity index (χ3v) is 13.4. The fraction of sp³-hybridized carbons (Fsp3) is 0.356. The molecular formula is C45H43Br2ClF3N15O3S. The van der Waals surface area contributed by atoms with Gasteiger partial charge in [0.05, 0.1) is 41.1 Å². The molecule has 10 heterocycles. The lowest BCUT2D eigenvalue weighted by Crippen LogP contribution is -2.23. The number of fused-ring (bicyclic) bond motifs is 2. The van der Waals surface area contributed by atoms with Gasteiger partial charge in [0.1, 0.15) is 33.7 Å². The van der Waals surface area contributed by atoms with Crippen LogP contribution in [-0.4, -0.2) is 90.6 Å². The van der Waals surface area contributed by atoms with Crippen LogP contribution >= 0.6 is 54.8 Å². The van der Waals surface area contributed by atoms with Gasteiger partial charge in [-0.3, -0.25) is 38.4 Å². The van der Waals surface area contributed by atoms with E-state index in [-0.39, 0.29) is 40.5 Å². The second-order valence-corrected chi connectivity index (χ2v) is 19.4. The Morgan fingerprint density at radius 1 is 0.671 bits per heavy atom. The van der Waals surface area contributed by atoms with Gasteiger partial charge < -0.3 is 0 Å². The van der Waals surface area contributed by atoms with Gasteiger partial charge >= 0.3 is 6.18 Å². The van der Waals surface area contributed by atoms with E-state index in [1.54, 1.807) is 38.2 Å². The molecule has 2 unspecified atom stereocenters. The molecule has 0 fully saturated rings. The number of Topliss-reactive ketones (excluding diaryl/α,β-unsaturated/α-hetero) is 2. The number of aromatic nitrogens is 15. The molecule has 0 N–H and O–H groups in total. The summed E-state index contributed by atoms with van der Waals surface area (Å²) in [5.74, 6) is 2.03. The first-order valence-corrected chi connectivity index (χ1v) is 24.6. The third kappa shape index (κ3) is 11.4. The molecule has 364 valence electrons. The lowest BCUT2D eigenvalue weighted by atomic mass is 9.91. The van der Waals surface area contributed by atoms with Crippen molar-refractivity contribution in [3.63, 3.8) is 0 Å². The highest BCUT2D eigenvalue weighted by atomic mass is 79.9. The van der Waals surface area contributed by atoms with Crippen LogP contribution in [0.1, 0.15) is 85.9 Å². The molecule has 10 rings (SSSR count). The van der Waals surface area contributed by atoms with Crippen molar-refractivity contribution in [3.8, 4) is 33.1 Å². The molecule has 2 atom stereocenters. The van der Waals surface area contributed by atoms with E-state index in [4.69, 9.17) is 11.6 Å². The van der Waals surface area contributed by atoms with Crippen molar-refractivity contribution in [2.24, 2.45) is 33.0 Å². The summed E-state index contributed by atoms with van der Waals surface area (Å²) in [5.41, 5.74) is 5.37. The van der Waals surface area contributed by atoms with E-state index in [0.29, 0.717) is 57.1 Å². The number of nitrogens with zero attached hydrogens (tertiary/aromatic N) is 15. The zero-order valence-electron chi connectivity index (χ0n) is 38.2. The summed E-state index contributed by atoms with van der Waals surface area (Å²) in [4.78, 5) is 58.5. The maximum Gasteiger partial charge on any atom is 0.434 e. The number of pyridine rings is 2. The smallest absolute Gasteiger partial charge is 0.292 e. The van der Waals surface area contributed by atoms with E-state index < -0.39 is 17.1 Å². The highest BCUT2D eigenvalue weighted by Crippen LogP contribution is 2.36. The molecule has 0 amide bonds. The molecule has 0 spiro atoms. The molecular weight excluding hydrogens is 1080 g/mol. The molecule has 2 aliphatic rings. The lowest BCUT2D eigenvalue weighted by molar-refractivity contribution is -0.140. The number of aryl methyl sites for hydroxylation is 7. The molecule has 2 aliphatic heterocycles. The van der Waals surface area contributed by atoms with Crippen LogP contribution in [0.25, 0.3) is 33.1 Å². The van der Waals surface area contributed by atoms with Crippen LogP contribution in [0.15, 0.2) is 69.8 Å². The van der Waals surface area contributed by atoms with E-state index in [1.165, 1.54) is 15.6 Å². The third-order valence-electron chi connectivity index (χ3n) is 11.7. The van der Waals surface area contributed by atoms with E-state index in [1.807, 2.05) is 59.6 Å². The van der Waals surface area contributed by atoms with Crippen LogP contribution in [0.2, 0.25) is 0 Å². The number of hydrogen-bond acceptors (Lipinski definition) is 14. The summed E-state index contributed by atoms with van der Waals surface area (Å²) in [6, 6.07) is 11.4. The zero-order valence-corrected chi connectivity index (χ0v) is 42.9. The number of alkyl halides is 3. The van der Waals surface area contributed by atoms with Gasteiger partial charge in [-0.1, -0.05) is 12.1 Å². The minimum atomic E-state index is -4.52. The van der Waals surface area contributed by atoms with Crippen LogP contribution in [-0.2, 0) is 53.3 Å². The van der Waals surface area contributed by atoms with Crippen LogP contribution in [0, 0.1) is 25.7 Å². The minimum Gasteiger partial charge on any atom is -0.292 e. The van der Waals surface area contributed by atoms with Crippen molar-refractivity contribution in [1.29, 1.82) is 0 Å². The van der Waals surface area contributed by atoms with Gasteiger partial charge in [-0.05, 0) is 106 Å². The molecule has 0 bridgehead atoms. The number of thiazole rings is 1. The molecule has 0 aromatic carbocycles. The Hall–Kier alpha value is -6.11. The van der Waals surface area contributed by atoms with Gasteiger partial charge in [0, 0.05) is 82.2 Å². The summed E-state index contributed by atoms with van der Waals surface area (Å²) in [5, 5.41) is 21.5. The highest BCUT2D eigenvalue weighted by molar-refractivity contribution is 9.10. The number of ketones is 2. The lowest BCUT2D eigenvalue weighted by Gasteiger charge is -2.21. The molecule has 25 heteroatoms. The van der Waals surface area contributed by atoms with Gasteiger partial charge in [0.25, 0.3) is 5.24 Å². The zero-order chi connectivity index (χ0) is 50.0. The quantitative estimate of drug-likeness (QED) is 0.0928. The topological polar surface area (TPSA) is 205 Å². The molecule has 8 aromatic rings. The SMILES string of the molecule is Cc1cccc(-c2cnn(C)c2C(=O)CC2CCn3nc(Br)nc3C2)n1.Cc1cccc(-c2cnn(C)c2C(=O)Cl)n1.Cn1ncc(-c2nc(C(F)(F)F)cs2)c1C(=O)CC1CCn2nc(Br)nc2C1. The Bertz CT molecular complexity index is 3230. The summed E-state index contributed by atoms with van der Waals surface area (Å²) < 4.78 is 47.9. The fourth-order valence-electron chi connectivity index (χ4n) is 8.40. The maximum atomic E-state index is 13.1. The molecule has 0 radical (unpaired) electrons. The first-order valence-electron chi connectivity index (χ1n) is 21.7. The average molecular weight is 1130 g/mol. The van der Waals surface area contributed by atoms with Crippen LogP contribution in [0.4, 0.5) is 13.2 Å². The van der Waals surface area contributed by atoms with Gasteiger partial charge in [0.15, 0.2) is 17.3 Å². The molecule has 0 saturated carbocycles. The predicted octanol–water partition coefficient (Wildman–Crippen LogP) is 8.90. The van der Waals surface area contributed by atoms with Gasteiger partial charge in [-0.25, -0.2) is 24.3 Å². The van der Waals surface area contributed by atoms with Gasteiger partial charge in [-0.2, -0.15) is 28.5 Å². The van der Waals surface area contributed by atoms with Crippen molar-refractivity contribution in [1.82, 2.24) is 73.8 Å². The van der Waals surface area contributed by atoms with Crippen LogP contribution in [0.3, 0.4) is 0 Å². The summed E-state index contributed by atoms with van der Waals surface area (Å²) in [7, 11) is 5.08. The van der Waals surface area contributed by atoms with Crippen LogP contribution < -0.4 is 0 Å². The van der Waals surface area contributed by atoms with E-state index in [0.717, 1.165) is 76.8 Å². The predicted molar refractivity (Wildman–Crippen MR) is 259 cm³/mol. The second-order valence-electron chi connectivity index (χ2n) is 16.7. The summed E-state index contributed by atoms with van der Waals surface area (Å²) >= 11 is 12.9. The first-order chi connectivity index (χ1) is 33.3. The Kier molecular flexibility index (Phi) is 15.1. The van der Waals surface area contributed by atoms with E-state index in [2.05, 4.69) is 82.3 Å². The summed E-state index contributed by atoms with van der Waals surface area (Å²) in [6.07, 6.45) is 4.00. The minimum absolute atomic E-state index is 0.0841. The normalized spacial score (nSPS) is 15.3. The number of rotatable bonds is 10. The largest absolute Gasteiger partial charge is 0.434 e. The van der Waals surface area contributed by atoms with Gasteiger partial charge in [-0.15, -0.1) is 21.5 Å². The fourth-order valence-corrected chi connectivity index (χ4v) is 10.2. The first kappa shape index (κ1) is 50.3. The van der Waals surface area contributed by atoms with Crippen LogP contribution in [0.5, 0.6) is 0 Å². The van der Waals surface area contributed by atoms with Gasteiger partial charge in [0.2, 0.25) is 9.47 Å².